The van der Waals surface area contributed by atoms with E-state index >= 15 is 0 Å². The number of ether oxygens (including phenoxy) is 2. The lowest BCUT2D eigenvalue weighted by Crippen LogP contribution is -2.13. The maximum absolute atomic E-state index is 12.7. The van der Waals surface area contributed by atoms with Crippen LogP contribution in [0.5, 0.6) is 11.5 Å². The smallest absolute Gasteiger partial charge is 0.268 e. The van der Waals surface area contributed by atoms with Gasteiger partial charge in [0, 0.05) is 17.5 Å². The van der Waals surface area contributed by atoms with Gasteiger partial charge in [-0.1, -0.05) is 18.3 Å². The number of aryl methyl sites for hydroxylation is 1. The van der Waals surface area contributed by atoms with Crippen molar-refractivity contribution in [2.75, 3.05) is 25.3 Å². The molecule has 0 atom stereocenters. The van der Waals surface area contributed by atoms with Crippen molar-refractivity contribution < 1.29 is 22.7 Å². The van der Waals surface area contributed by atoms with Crippen molar-refractivity contribution in [1.82, 2.24) is 14.8 Å². The van der Waals surface area contributed by atoms with Gasteiger partial charge in [0.25, 0.3) is 5.91 Å². The molecule has 3 aromatic rings. The summed E-state index contributed by atoms with van der Waals surface area (Å²) in [6, 6.07) is 9.16. The van der Waals surface area contributed by atoms with Crippen molar-refractivity contribution in [3.8, 4) is 23.3 Å². The zero-order chi connectivity index (χ0) is 25.0. The molecule has 1 N–H and O–H groups in total. The van der Waals surface area contributed by atoms with Gasteiger partial charge in [0.1, 0.15) is 23.1 Å². The van der Waals surface area contributed by atoms with Crippen LogP contribution in [0.4, 0.5) is 5.13 Å². The number of hydrogen-bond donors (Lipinski definition) is 1. The number of anilines is 1. The number of nitriles is 1. The third-order valence-electron chi connectivity index (χ3n) is 5.04. The van der Waals surface area contributed by atoms with Gasteiger partial charge in [-0.05, 0) is 43.7 Å². The average Bonchev–Trinajstić information content (AvgIpc) is 3.41. The Morgan fingerprint density at radius 2 is 1.97 bits per heavy atom. The molecule has 0 unspecified atom stereocenters. The van der Waals surface area contributed by atoms with E-state index < -0.39 is 15.7 Å². The van der Waals surface area contributed by atoms with Crippen molar-refractivity contribution >= 4 is 38.3 Å². The van der Waals surface area contributed by atoms with E-state index in [4.69, 9.17) is 9.47 Å². The summed E-state index contributed by atoms with van der Waals surface area (Å²) in [5.74, 6) is 0.430. The first-order valence-electron chi connectivity index (χ1n) is 10.1. The number of benzene rings is 1. The SMILES string of the molecule is CCS(=O)(=O)c1nnc(NC(=O)/C(C#N)=C\c2cc(C)n(-c3cc(OC)ccc3OC)c2C)s1. The summed E-state index contributed by atoms with van der Waals surface area (Å²) in [7, 11) is -0.393. The van der Waals surface area contributed by atoms with Gasteiger partial charge >= 0.3 is 0 Å². The molecule has 3 rings (SSSR count). The Bertz CT molecular complexity index is 1410. The van der Waals surface area contributed by atoms with Gasteiger partial charge in [0.2, 0.25) is 19.3 Å². The van der Waals surface area contributed by atoms with Crippen molar-refractivity contribution in [1.29, 1.82) is 5.26 Å². The number of carbonyl (C=O) groups is 1. The standard InChI is InChI=1S/C22H23N5O5S2/c1-6-34(29,30)22-26-25-21(33-22)24-20(28)16(12-23)10-15-9-13(2)27(14(15)3)18-11-17(31-4)7-8-19(18)32-5/h7-11H,6H2,1-5H3,(H,24,25,28)/b16-10-. The zero-order valence-electron chi connectivity index (χ0n) is 19.2. The summed E-state index contributed by atoms with van der Waals surface area (Å²) in [4.78, 5) is 12.7. The third kappa shape index (κ3) is 4.95. The summed E-state index contributed by atoms with van der Waals surface area (Å²) in [5.41, 5.74) is 2.86. The van der Waals surface area contributed by atoms with Gasteiger partial charge in [0.15, 0.2) is 0 Å². The Hall–Kier alpha value is -3.69. The predicted octanol–water partition coefficient (Wildman–Crippen LogP) is 3.30. The van der Waals surface area contributed by atoms with E-state index in [0.29, 0.717) is 17.1 Å². The Morgan fingerprint density at radius 3 is 2.59 bits per heavy atom. The second-order valence-electron chi connectivity index (χ2n) is 7.10. The number of rotatable bonds is 8. The molecule has 1 amide bonds. The fourth-order valence-corrected chi connectivity index (χ4v) is 5.24. The molecule has 1 aromatic carbocycles. The number of amides is 1. The molecule has 12 heteroatoms. The van der Waals surface area contributed by atoms with Gasteiger partial charge in [-0.15, -0.1) is 10.2 Å². The van der Waals surface area contributed by atoms with Gasteiger partial charge < -0.3 is 14.0 Å². The molecule has 2 aromatic heterocycles. The first kappa shape index (κ1) is 24.9. The molecule has 178 valence electrons. The van der Waals surface area contributed by atoms with E-state index in [1.807, 2.05) is 36.6 Å². The summed E-state index contributed by atoms with van der Waals surface area (Å²) in [5, 5.41) is 19.3. The lowest BCUT2D eigenvalue weighted by atomic mass is 10.1. The molecule has 0 aliphatic rings. The number of methoxy groups -OCH3 is 2. The highest BCUT2D eigenvalue weighted by atomic mass is 32.2. The lowest BCUT2D eigenvalue weighted by Gasteiger charge is -2.15. The highest BCUT2D eigenvalue weighted by molar-refractivity contribution is 7.93. The molecular formula is C22H23N5O5S2. The van der Waals surface area contributed by atoms with Crippen LogP contribution in [0.15, 0.2) is 34.2 Å². The monoisotopic (exact) mass is 501 g/mol. The van der Waals surface area contributed by atoms with Crippen LogP contribution in [0, 0.1) is 25.2 Å². The molecule has 0 fully saturated rings. The van der Waals surface area contributed by atoms with Crippen LogP contribution in [-0.4, -0.2) is 49.1 Å². The summed E-state index contributed by atoms with van der Waals surface area (Å²) in [6.45, 7) is 5.24. The van der Waals surface area contributed by atoms with Crippen molar-refractivity contribution in [3.63, 3.8) is 0 Å². The molecule has 0 saturated heterocycles. The predicted molar refractivity (Wildman–Crippen MR) is 128 cm³/mol. The first-order valence-corrected chi connectivity index (χ1v) is 12.5. The third-order valence-corrected chi connectivity index (χ3v) is 8.05. The molecular weight excluding hydrogens is 478 g/mol. The van der Waals surface area contributed by atoms with E-state index in [2.05, 4.69) is 15.5 Å². The quantitative estimate of drug-likeness (QED) is 0.282. The average molecular weight is 502 g/mol. The Morgan fingerprint density at radius 1 is 1.24 bits per heavy atom. The highest BCUT2D eigenvalue weighted by Crippen LogP contribution is 2.32. The number of carbonyl (C=O) groups excluding carboxylic acids is 1. The largest absolute Gasteiger partial charge is 0.497 e. The van der Waals surface area contributed by atoms with Crippen molar-refractivity contribution in [2.45, 2.75) is 25.1 Å². The van der Waals surface area contributed by atoms with Crippen LogP contribution < -0.4 is 14.8 Å². The molecule has 0 aliphatic carbocycles. The van der Waals surface area contributed by atoms with E-state index in [0.717, 1.165) is 28.4 Å². The van der Waals surface area contributed by atoms with Crippen LogP contribution in [0.1, 0.15) is 23.9 Å². The summed E-state index contributed by atoms with van der Waals surface area (Å²) >= 11 is 0.733. The van der Waals surface area contributed by atoms with E-state index in [-0.39, 0.29) is 20.8 Å². The molecule has 0 spiro atoms. The number of nitrogens with one attached hydrogen (secondary N) is 1. The lowest BCUT2D eigenvalue weighted by molar-refractivity contribution is -0.112. The van der Waals surface area contributed by atoms with Crippen LogP contribution >= 0.6 is 11.3 Å². The number of sulfone groups is 1. The molecule has 10 nitrogen and oxygen atoms in total. The normalized spacial score (nSPS) is 11.7. The number of hydrogen-bond acceptors (Lipinski definition) is 9. The minimum atomic E-state index is -3.54. The van der Waals surface area contributed by atoms with Gasteiger partial charge in [-0.2, -0.15) is 5.26 Å². The fourth-order valence-electron chi connectivity index (χ4n) is 3.25. The van der Waals surface area contributed by atoms with Gasteiger partial charge in [0.05, 0.1) is 25.7 Å². The van der Waals surface area contributed by atoms with E-state index in [1.54, 1.807) is 26.4 Å². The molecule has 0 saturated carbocycles. The second kappa shape index (κ2) is 10.1. The van der Waals surface area contributed by atoms with Crippen LogP contribution in [0.25, 0.3) is 11.8 Å². The minimum absolute atomic E-state index is 0.00948. The Balaban J connectivity index is 1.95. The van der Waals surface area contributed by atoms with Gasteiger partial charge in [-0.3, -0.25) is 10.1 Å². The van der Waals surface area contributed by atoms with E-state index in [1.165, 1.54) is 13.0 Å². The number of nitrogens with zero attached hydrogens (tertiary/aromatic N) is 4. The summed E-state index contributed by atoms with van der Waals surface area (Å²) in [6.07, 6.45) is 1.46. The molecule has 0 bridgehead atoms. The fraction of sp³-hybridized carbons (Fsp3) is 0.273. The number of aromatic nitrogens is 3. The van der Waals surface area contributed by atoms with Crippen molar-refractivity contribution in [3.05, 3.63) is 46.8 Å². The van der Waals surface area contributed by atoms with Crippen LogP contribution in [0.3, 0.4) is 0 Å². The first-order chi connectivity index (χ1) is 16.1. The Kier molecular flexibility index (Phi) is 7.38. The van der Waals surface area contributed by atoms with Gasteiger partial charge in [-0.25, -0.2) is 8.42 Å². The summed E-state index contributed by atoms with van der Waals surface area (Å²) < 4.78 is 36.4. The maximum Gasteiger partial charge on any atom is 0.268 e. The topological polar surface area (TPSA) is 136 Å². The second-order valence-corrected chi connectivity index (χ2v) is 10.5. The zero-order valence-corrected chi connectivity index (χ0v) is 20.9. The molecule has 0 radical (unpaired) electrons. The highest BCUT2D eigenvalue weighted by Gasteiger charge is 2.21. The molecule has 34 heavy (non-hydrogen) atoms. The molecule has 2 heterocycles. The minimum Gasteiger partial charge on any atom is -0.497 e. The maximum atomic E-state index is 12.7. The molecule has 0 aliphatic heterocycles. The van der Waals surface area contributed by atoms with E-state index in [9.17, 15) is 18.5 Å². The van der Waals surface area contributed by atoms with Crippen LogP contribution in [0.2, 0.25) is 0 Å². The van der Waals surface area contributed by atoms with Crippen molar-refractivity contribution in [2.24, 2.45) is 0 Å². The van der Waals surface area contributed by atoms with Crippen LogP contribution in [-0.2, 0) is 14.6 Å². The Labute approximate surface area is 201 Å².